The monoisotopic (exact) mass is 413 g/mol. The van der Waals surface area contributed by atoms with E-state index in [0.29, 0.717) is 22.9 Å². The predicted molar refractivity (Wildman–Crippen MR) is 110 cm³/mol. The van der Waals surface area contributed by atoms with E-state index in [1.54, 1.807) is 36.4 Å². The summed E-state index contributed by atoms with van der Waals surface area (Å²) in [6.07, 6.45) is 0.542. The van der Waals surface area contributed by atoms with Crippen molar-refractivity contribution in [1.29, 1.82) is 0 Å². The fraction of sp³-hybridized carbons (Fsp3) is 0.0952. The molecule has 1 heterocycles. The van der Waals surface area contributed by atoms with Crippen LogP contribution in [0.1, 0.15) is 12.5 Å². The Morgan fingerprint density at radius 1 is 1.17 bits per heavy atom. The third kappa shape index (κ3) is 5.34. The van der Waals surface area contributed by atoms with Crippen LogP contribution in [0.25, 0.3) is 11.4 Å². The van der Waals surface area contributed by atoms with Crippen LogP contribution in [0, 0.1) is 0 Å². The minimum atomic E-state index is -4.42. The molecule has 0 atom stereocenters. The van der Waals surface area contributed by atoms with Gasteiger partial charge in [0.15, 0.2) is 5.82 Å². The SMILES string of the molecule is C=N/C=C\C(=C/C)Oc1cccc(-c2nnc(Nc3cccc(C(F)(F)F)c3)[nH]2)c1. The molecule has 154 valence electrons. The highest BCUT2D eigenvalue weighted by molar-refractivity contribution is 5.61. The third-order valence-corrected chi connectivity index (χ3v) is 3.91. The quantitative estimate of drug-likeness (QED) is 0.295. The largest absolute Gasteiger partial charge is 0.458 e. The van der Waals surface area contributed by atoms with Crippen LogP contribution in [0.5, 0.6) is 5.75 Å². The number of aromatic amines is 1. The van der Waals surface area contributed by atoms with Crippen molar-refractivity contribution < 1.29 is 17.9 Å². The molecule has 1 aromatic heterocycles. The molecule has 0 aliphatic carbocycles. The van der Waals surface area contributed by atoms with Gasteiger partial charge in [-0.15, -0.1) is 10.2 Å². The van der Waals surface area contributed by atoms with Crippen molar-refractivity contribution in [3.8, 4) is 17.1 Å². The first kappa shape index (κ1) is 20.8. The summed E-state index contributed by atoms with van der Waals surface area (Å²) in [5.74, 6) is 1.80. The van der Waals surface area contributed by atoms with Crippen molar-refractivity contribution in [2.75, 3.05) is 5.32 Å². The van der Waals surface area contributed by atoms with E-state index in [0.717, 1.165) is 12.1 Å². The van der Waals surface area contributed by atoms with Crippen molar-refractivity contribution >= 4 is 18.4 Å². The van der Waals surface area contributed by atoms with Gasteiger partial charge in [0.05, 0.1) is 5.56 Å². The van der Waals surface area contributed by atoms with Crippen LogP contribution in [0.2, 0.25) is 0 Å². The summed E-state index contributed by atoms with van der Waals surface area (Å²) < 4.78 is 44.4. The number of H-pyrrole nitrogens is 1. The van der Waals surface area contributed by atoms with Gasteiger partial charge in [-0.25, -0.2) is 0 Å². The Kier molecular flexibility index (Phi) is 6.31. The van der Waals surface area contributed by atoms with E-state index >= 15 is 0 Å². The molecule has 30 heavy (non-hydrogen) atoms. The number of hydrogen-bond acceptors (Lipinski definition) is 5. The van der Waals surface area contributed by atoms with Gasteiger partial charge in [-0.2, -0.15) is 13.2 Å². The molecule has 3 rings (SSSR count). The van der Waals surface area contributed by atoms with Gasteiger partial charge in [-0.05, 0) is 56.1 Å². The Morgan fingerprint density at radius 3 is 2.70 bits per heavy atom. The van der Waals surface area contributed by atoms with Gasteiger partial charge in [-0.1, -0.05) is 18.2 Å². The maximum Gasteiger partial charge on any atom is 0.416 e. The molecule has 0 fully saturated rings. The molecule has 0 aliphatic heterocycles. The van der Waals surface area contributed by atoms with Crippen molar-refractivity contribution in [2.24, 2.45) is 4.99 Å². The number of aliphatic imine (C=N–C) groups is 1. The number of aromatic nitrogens is 3. The van der Waals surface area contributed by atoms with E-state index < -0.39 is 11.7 Å². The third-order valence-electron chi connectivity index (χ3n) is 3.91. The summed E-state index contributed by atoms with van der Waals surface area (Å²) >= 11 is 0. The van der Waals surface area contributed by atoms with Crippen molar-refractivity contribution in [1.82, 2.24) is 15.2 Å². The smallest absolute Gasteiger partial charge is 0.416 e. The molecule has 0 spiro atoms. The molecule has 3 aromatic rings. The minimum absolute atomic E-state index is 0.213. The normalized spacial score (nSPS) is 12.2. The topological polar surface area (TPSA) is 75.2 Å². The Balaban J connectivity index is 1.77. The lowest BCUT2D eigenvalue weighted by Gasteiger charge is -2.09. The van der Waals surface area contributed by atoms with E-state index in [2.05, 4.69) is 32.2 Å². The lowest BCUT2D eigenvalue weighted by atomic mass is 10.2. The standard InChI is InChI=1S/C21H18F3N5O/c1-3-17(10-11-25-2)30-18-9-4-6-14(12-18)19-27-20(29-28-19)26-16-8-5-7-15(13-16)21(22,23)24/h3-13H,2H2,1H3,(H2,26,27,28,29)/b11-10-,17-3+. The van der Waals surface area contributed by atoms with Crippen LogP contribution in [-0.4, -0.2) is 21.9 Å². The van der Waals surface area contributed by atoms with E-state index in [4.69, 9.17) is 4.74 Å². The summed E-state index contributed by atoms with van der Waals surface area (Å²) in [5.41, 5.74) is 0.181. The molecule has 2 N–H and O–H groups in total. The number of anilines is 2. The molecular weight excluding hydrogens is 395 g/mol. The second-order valence-electron chi connectivity index (χ2n) is 6.05. The van der Waals surface area contributed by atoms with E-state index in [1.807, 2.05) is 6.92 Å². The van der Waals surface area contributed by atoms with E-state index in [1.165, 1.54) is 18.3 Å². The zero-order valence-electron chi connectivity index (χ0n) is 15.9. The van der Waals surface area contributed by atoms with Gasteiger partial charge in [-0.3, -0.25) is 4.99 Å². The lowest BCUT2D eigenvalue weighted by Crippen LogP contribution is -2.05. The fourth-order valence-corrected chi connectivity index (χ4v) is 2.52. The van der Waals surface area contributed by atoms with Crippen LogP contribution >= 0.6 is 0 Å². The van der Waals surface area contributed by atoms with E-state index in [-0.39, 0.29) is 11.6 Å². The summed E-state index contributed by atoms with van der Waals surface area (Å²) in [6, 6.07) is 12.0. The minimum Gasteiger partial charge on any atom is -0.458 e. The molecule has 0 radical (unpaired) electrons. The molecule has 6 nitrogen and oxygen atoms in total. The number of nitrogens with zero attached hydrogens (tertiary/aromatic N) is 3. The van der Waals surface area contributed by atoms with Crippen LogP contribution in [0.4, 0.5) is 24.8 Å². The van der Waals surface area contributed by atoms with Crippen molar-refractivity contribution in [3.05, 3.63) is 78.2 Å². The lowest BCUT2D eigenvalue weighted by molar-refractivity contribution is -0.137. The van der Waals surface area contributed by atoms with E-state index in [9.17, 15) is 13.2 Å². The van der Waals surface area contributed by atoms with Crippen LogP contribution < -0.4 is 10.1 Å². The highest BCUT2D eigenvalue weighted by Crippen LogP contribution is 2.31. The van der Waals surface area contributed by atoms with Gasteiger partial charge in [0, 0.05) is 17.5 Å². The summed E-state index contributed by atoms with van der Waals surface area (Å²) in [5, 5.41) is 10.8. The molecule has 0 saturated carbocycles. The summed E-state index contributed by atoms with van der Waals surface area (Å²) in [7, 11) is 0. The number of benzene rings is 2. The van der Waals surface area contributed by atoms with Crippen LogP contribution in [0.15, 0.2) is 77.6 Å². The average Bonchev–Trinajstić information content (AvgIpc) is 3.19. The molecule has 0 unspecified atom stereocenters. The van der Waals surface area contributed by atoms with Gasteiger partial charge in [0.1, 0.15) is 11.5 Å². The first-order chi connectivity index (χ1) is 14.4. The fourth-order valence-electron chi connectivity index (χ4n) is 2.52. The Labute approximate surface area is 170 Å². The molecule has 0 amide bonds. The predicted octanol–water partition coefficient (Wildman–Crippen LogP) is 5.73. The Hall–Kier alpha value is -3.88. The highest BCUT2D eigenvalue weighted by atomic mass is 19.4. The van der Waals surface area contributed by atoms with Crippen LogP contribution in [0.3, 0.4) is 0 Å². The number of nitrogens with one attached hydrogen (secondary N) is 2. The van der Waals surface area contributed by atoms with Gasteiger partial charge >= 0.3 is 6.18 Å². The van der Waals surface area contributed by atoms with Crippen LogP contribution in [-0.2, 0) is 6.18 Å². The zero-order chi connectivity index (χ0) is 21.6. The number of allylic oxidation sites excluding steroid dienone is 2. The first-order valence-corrected chi connectivity index (χ1v) is 8.83. The maximum atomic E-state index is 12.9. The van der Waals surface area contributed by atoms with Crippen molar-refractivity contribution in [2.45, 2.75) is 13.1 Å². The summed E-state index contributed by atoms with van der Waals surface area (Å²) in [4.78, 5) is 6.59. The number of hydrogen-bond donors (Lipinski definition) is 2. The number of rotatable bonds is 7. The average molecular weight is 413 g/mol. The Bertz CT molecular complexity index is 1090. The first-order valence-electron chi connectivity index (χ1n) is 8.83. The number of halogens is 3. The molecule has 2 aromatic carbocycles. The molecular formula is C21H18F3N5O. The molecule has 0 aliphatic rings. The number of ether oxygens (including phenoxy) is 1. The second kappa shape index (κ2) is 9.08. The van der Waals surface area contributed by atoms with Gasteiger partial charge in [0.25, 0.3) is 0 Å². The van der Waals surface area contributed by atoms with Crippen molar-refractivity contribution in [3.63, 3.8) is 0 Å². The Morgan fingerprint density at radius 2 is 1.97 bits per heavy atom. The zero-order valence-corrected chi connectivity index (χ0v) is 15.9. The molecule has 9 heteroatoms. The molecule has 0 saturated heterocycles. The number of alkyl halides is 3. The second-order valence-corrected chi connectivity index (χ2v) is 6.05. The maximum absolute atomic E-state index is 12.9. The van der Waals surface area contributed by atoms with Gasteiger partial charge < -0.3 is 15.0 Å². The van der Waals surface area contributed by atoms with Gasteiger partial charge in [0.2, 0.25) is 5.95 Å². The highest BCUT2D eigenvalue weighted by Gasteiger charge is 2.30. The molecule has 0 bridgehead atoms. The summed E-state index contributed by atoms with van der Waals surface area (Å²) in [6.45, 7) is 5.20.